The summed E-state index contributed by atoms with van der Waals surface area (Å²) in [6.07, 6.45) is 1.63. The lowest BCUT2D eigenvalue weighted by molar-refractivity contribution is 0.502. The van der Waals surface area contributed by atoms with Crippen molar-refractivity contribution in [3.8, 4) is 5.69 Å². The molecule has 3 rings (SSSR count). The van der Waals surface area contributed by atoms with E-state index in [4.69, 9.17) is 0 Å². The van der Waals surface area contributed by atoms with E-state index in [-0.39, 0.29) is 5.75 Å². The molecule has 23 heavy (non-hydrogen) atoms. The van der Waals surface area contributed by atoms with Crippen LogP contribution in [0.25, 0.3) is 5.69 Å². The van der Waals surface area contributed by atoms with Crippen molar-refractivity contribution in [3.05, 3.63) is 71.1 Å². The Morgan fingerprint density at radius 2 is 1.96 bits per heavy atom. The summed E-state index contributed by atoms with van der Waals surface area (Å²) in [6, 6.07) is 10.3. The van der Waals surface area contributed by atoms with Crippen molar-refractivity contribution < 1.29 is 8.78 Å². The molecule has 0 bridgehead atoms. The maximum Gasteiger partial charge on any atom is 0.195 e. The highest BCUT2D eigenvalue weighted by atomic mass is 32.2. The summed E-state index contributed by atoms with van der Waals surface area (Å²) in [5, 5.41) is 8.66. The van der Waals surface area contributed by atoms with E-state index in [1.165, 1.54) is 23.4 Å². The maximum absolute atomic E-state index is 13.7. The Labute approximate surface area is 137 Å². The molecule has 3 aromatic rings. The van der Waals surface area contributed by atoms with E-state index in [2.05, 4.69) is 16.3 Å². The summed E-state index contributed by atoms with van der Waals surface area (Å²) in [5.74, 6) is -1.36. The number of rotatable bonds is 4. The molecule has 0 aliphatic rings. The zero-order chi connectivity index (χ0) is 16.4. The summed E-state index contributed by atoms with van der Waals surface area (Å²) >= 11 is 1.32. The van der Waals surface area contributed by atoms with Crippen molar-refractivity contribution in [1.29, 1.82) is 0 Å². The number of aryl methyl sites for hydroxylation is 2. The largest absolute Gasteiger partial charge is 0.276 e. The SMILES string of the molecule is Cc1ccc(-n2cnnc2SCc2cccc(F)c2F)c(C)c1. The van der Waals surface area contributed by atoms with E-state index < -0.39 is 11.6 Å². The Balaban J connectivity index is 1.85. The minimum atomic E-state index is -0.834. The topological polar surface area (TPSA) is 30.7 Å². The van der Waals surface area contributed by atoms with Gasteiger partial charge in [-0.05, 0) is 31.5 Å². The van der Waals surface area contributed by atoms with Crippen LogP contribution in [0.15, 0.2) is 47.9 Å². The molecular weight excluding hydrogens is 316 g/mol. The smallest absolute Gasteiger partial charge is 0.195 e. The molecule has 0 unspecified atom stereocenters. The second-order valence-electron chi connectivity index (χ2n) is 5.28. The van der Waals surface area contributed by atoms with Crippen LogP contribution in [0.1, 0.15) is 16.7 Å². The van der Waals surface area contributed by atoms with Gasteiger partial charge in [0.15, 0.2) is 16.8 Å². The minimum absolute atomic E-state index is 0.285. The first-order chi connectivity index (χ1) is 11.1. The van der Waals surface area contributed by atoms with Crippen LogP contribution in [0.3, 0.4) is 0 Å². The third-order valence-electron chi connectivity index (χ3n) is 3.52. The van der Waals surface area contributed by atoms with Crippen LogP contribution in [0.5, 0.6) is 0 Å². The van der Waals surface area contributed by atoms with E-state index in [1.807, 2.05) is 30.5 Å². The first-order valence-electron chi connectivity index (χ1n) is 7.09. The molecule has 1 heterocycles. The van der Waals surface area contributed by atoms with Crippen molar-refractivity contribution >= 4 is 11.8 Å². The molecule has 6 heteroatoms. The summed E-state index contributed by atoms with van der Waals surface area (Å²) in [6.45, 7) is 4.05. The molecule has 1 aromatic heterocycles. The molecule has 0 N–H and O–H groups in total. The summed E-state index contributed by atoms with van der Waals surface area (Å²) in [4.78, 5) is 0. The number of hydrogen-bond donors (Lipinski definition) is 0. The molecule has 118 valence electrons. The molecule has 0 aliphatic heterocycles. The van der Waals surface area contributed by atoms with Gasteiger partial charge < -0.3 is 0 Å². The molecule has 2 aromatic carbocycles. The van der Waals surface area contributed by atoms with E-state index in [1.54, 1.807) is 12.4 Å². The Morgan fingerprint density at radius 1 is 1.13 bits per heavy atom. The third kappa shape index (κ3) is 3.27. The molecule has 0 radical (unpaired) electrons. The van der Waals surface area contributed by atoms with Crippen molar-refractivity contribution in [2.75, 3.05) is 0 Å². The molecule has 0 amide bonds. The monoisotopic (exact) mass is 331 g/mol. The van der Waals surface area contributed by atoms with E-state index in [0.29, 0.717) is 10.7 Å². The van der Waals surface area contributed by atoms with Gasteiger partial charge in [0.2, 0.25) is 0 Å². The number of halogens is 2. The lowest BCUT2D eigenvalue weighted by atomic mass is 10.1. The van der Waals surface area contributed by atoms with Crippen LogP contribution in [0, 0.1) is 25.5 Å². The standard InChI is InChI=1S/C17H15F2N3S/c1-11-6-7-15(12(2)8-11)22-10-20-21-17(22)23-9-13-4-3-5-14(18)16(13)19/h3-8,10H,9H2,1-2H3. The second-order valence-corrected chi connectivity index (χ2v) is 6.22. The van der Waals surface area contributed by atoms with Gasteiger partial charge in [0.25, 0.3) is 0 Å². The van der Waals surface area contributed by atoms with Crippen LogP contribution in [-0.2, 0) is 5.75 Å². The number of hydrogen-bond acceptors (Lipinski definition) is 3. The van der Waals surface area contributed by atoms with Gasteiger partial charge in [0.05, 0.1) is 5.69 Å². The number of thioether (sulfide) groups is 1. The highest BCUT2D eigenvalue weighted by Gasteiger charge is 2.12. The summed E-state index contributed by atoms with van der Waals surface area (Å²) in [7, 11) is 0. The number of nitrogens with zero attached hydrogens (tertiary/aromatic N) is 3. The predicted octanol–water partition coefficient (Wildman–Crippen LogP) is 4.45. The highest BCUT2D eigenvalue weighted by molar-refractivity contribution is 7.98. The molecule has 0 saturated heterocycles. The number of aromatic nitrogens is 3. The van der Waals surface area contributed by atoms with E-state index in [9.17, 15) is 8.78 Å². The summed E-state index contributed by atoms with van der Waals surface area (Å²) < 4.78 is 28.9. The second kappa shape index (κ2) is 6.50. The van der Waals surface area contributed by atoms with Crippen molar-refractivity contribution in [3.63, 3.8) is 0 Å². The molecular formula is C17H15F2N3S. The van der Waals surface area contributed by atoms with Gasteiger partial charge in [0, 0.05) is 11.3 Å². The zero-order valence-corrected chi connectivity index (χ0v) is 13.6. The number of benzene rings is 2. The lowest BCUT2D eigenvalue weighted by Gasteiger charge is -2.10. The Morgan fingerprint density at radius 3 is 2.74 bits per heavy atom. The van der Waals surface area contributed by atoms with E-state index in [0.717, 1.165) is 17.3 Å². The van der Waals surface area contributed by atoms with Crippen LogP contribution in [0.4, 0.5) is 8.78 Å². The first kappa shape index (κ1) is 15.7. The third-order valence-corrected chi connectivity index (χ3v) is 4.51. The predicted molar refractivity (Wildman–Crippen MR) is 86.8 cm³/mol. The Bertz CT molecular complexity index is 846. The van der Waals surface area contributed by atoms with Gasteiger partial charge in [-0.3, -0.25) is 4.57 Å². The molecule has 3 nitrogen and oxygen atoms in total. The van der Waals surface area contributed by atoms with Crippen LogP contribution in [0.2, 0.25) is 0 Å². The highest BCUT2D eigenvalue weighted by Crippen LogP contribution is 2.26. The van der Waals surface area contributed by atoms with Crippen molar-refractivity contribution in [2.45, 2.75) is 24.8 Å². The zero-order valence-electron chi connectivity index (χ0n) is 12.8. The van der Waals surface area contributed by atoms with Crippen LogP contribution < -0.4 is 0 Å². The van der Waals surface area contributed by atoms with Gasteiger partial charge >= 0.3 is 0 Å². The maximum atomic E-state index is 13.7. The lowest BCUT2D eigenvalue weighted by Crippen LogP contribution is -1.99. The van der Waals surface area contributed by atoms with Crippen molar-refractivity contribution in [1.82, 2.24) is 14.8 Å². The fourth-order valence-corrected chi connectivity index (χ4v) is 3.26. The average molecular weight is 331 g/mol. The van der Waals surface area contributed by atoms with Gasteiger partial charge in [-0.2, -0.15) is 0 Å². The van der Waals surface area contributed by atoms with Gasteiger partial charge in [-0.15, -0.1) is 10.2 Å². The van der Waals surface area contributed by atoms with Crippen LogP contribution in [-0.4, -0.2) is 14.8 Å². The first-order valence-corrected chi connectivity index (χ1v) is 8.08. The molecule has 0 atom stereocenters. The van der Waals surface area contributed by atoms with E-state index >= 15 is 0 Å². The normalized spacial score (nSPS) is 11.0. The van der Waals surface area contributed by atoms with Gasteiger partial charge in [0.1, 0.15) is 6.33 Å². The summed E-state index contributed by atoms with van der Waals surface area (Å²) in [5.41, 5.74) is 3.56. The molecule has 0 saturated carbocycles. The van der Waals surface area contributed by atoms with Crippen molar-refractivity contribution in [2.24, 2.45) is 0 Å². The molecule has 0 spiro atoms. The average Bonchev–Trinajstić information content (AvgIpc) is 2.97. The molecule has 0 fully saturated rings. The Kier molecular flexibility index (Phi) is 4.43. The fourth-order valence-electron chi connectivity index (χ4n) is 2.37. The fraction of sp³-hybridized carbons (Fsp3) is 0.176. The van der Waals surface area contributed by atoms with Gasteiger partial charge in [-0.1, -0.05) is 41.6 Å². The molecule has 0 aliphatic carbocycles. The quantitative estimate of drug-likeness (QED) is 0.662. The Hall–Kier alpha value is -2.21. The van der Waals surface area contributed by atoms with Crippen LogP contribution >= 0.6 is 11.8 Å². The minimum Gasteiger partial charge on any atom is -0.276 e. The van der Waals surface area contributed by atoms with Gasteiger partial charge in [-0.25, -0.2) is 8.78 Å².